The number of carbonyl (C=O) groups excluding carboxylic acids is 1. The Morgan fingerprint density at radius 2 is 1.78 bits per heavy atom. The molecule has 0 saturated heterocycles. The Balaban J connectivity index is 1.57. The van der Waals surface area contributed by atoms with Crippen molar-refractivity contribution >= 4 is 52.3 Å². The summed E-state index contributed by atoms with van der Waals surface area (Å²) in [7, 11) is 0. The number of benzene rings is 2. The van der Waals surface area contributed by atoms with E-state index in [1.165, 1.54) is 12.3 Å². The van der Waals surface area contributed by atoms with Gasteiger partial charge in [0.2, 0.25) is 11.2 Å². The summed E-state index contributed by atoms with van der Waals surface area (Å²) in [6, 6.07) is 13.5. The predicted octanol–water partition coefficient (Wildman–Crippen LogP) is 7.28. The molecule has 0 radical (unpaired) electrons. The molecule has 2 aromatic carbocycles. The highest BCUT2D eigenvalue weighted by atomic mass is 35.5. The molecular formula is C26H21Cl3N6O2. The van der Waals surface area contributed by atoms with Crippen molar-refractivity contribution in [1.82, 2.24) is 19.7 Å². The van der Waals surface area contributed by atoms with E-state index in [-0.39, 0.29) is 32.6 Å². The van der Waals surface area contributed by atoms with E-state index in [0.29, 0.717) is 11.5 Å². The number of anilines is 2. The van der Waals surface area contributed by atoms with Gasteiger partial charge in [-0.15, -0.1) is 6.42 Å². The van der Waals surface area contributed by atoms with Crippen molar-refractivity contribution in [2.45, 2.75) is 26.2 Å². The van der Waals surface area contributed by atoms with Crippen LogP contribution < -0.4 is 15.4 Å². The average Bonchev–Trinajstić information content (AvgIpc) is 3.29. The lowest BCUT2D eigenvalue weighted by Crippen LogP contribution is -2.21. The first kappa shape index (κ1) is 26.3. The van der Waals surface area contributed by atoms with E-state index in [1.54, 1.807) is 22.9 Å². The highest BCUT2D eigenvalue weighted by Crippen LogP contribution is 2.39. The molecule has 37 heavy (non-hydrogen) atoms. The smallest absolute Gasteiger partial charge is 0.324 e. The van der Waals surface area contributed by atoms with Crippen LogP contribution in [-0.2, 0) is 5.41 Å². The number of ether oxygens (including phenoxy) is 1. The second-order valence-electron chi connectivity index (χ2n) is 8.52. The Morgan fingerprint density at radius 3 is 2.46 bits per heavy atom. The van der Waals surface area contributed by atoms with Gasteiger partial charge in [0.15, 0.2) is 0 Å². The Labute approximate surface area is 228 Å². The van der Waals surface area contributed by atoms with E-state index in [2.05, 4.69) is 31.6 Å². The number of nitrogens with zero attached hydrogens (tertiary/aromatic N) is 4. The molecule has 0 unspecified atom stereocenters. The molecule has 0 aliphatic rings. The Kier molecular flexibility index (Phi) is 7.60. The zero-order valence-electron chi connectivity index (χ0n) is 20.0. The summed E-state index contributed by atoms with van der Waals surface area (Å²) in [5.74, 6) is 3.56. The zero-order chi connectivity index (χ0) is 26.7. The molecule has 2 heterocycles. The highest BCUT2D eigenvalue weighted by Gasteiger charge is 2.24. The normalized spacial score (nSPS) is 11.1. The van der Waals surface area contributed by atoms with E-state index in [9.17, 15) is 4.79 Å². The van der Waals surface area contributed by atoms with Crippen LogP contribution in [0.1, 0.15) is 25.1 Å². The van der Waals surface area contributed by atoms with Crippen LogP contribution in [0, 0.1) is 19.3 Å². The van der Waals surface area contributed by atoms with E-state index in [0.717, 1.165) is 11.3 Å². The van der Waals surface area contributed by atoms with Crippen LogP contribution in [0.5, 0.6) is 11.6 Å². The van der Waals surface area contributed by atoms with Gasteiger partial charge in [-0.05, 0) is 56.6 Å². The lowest BCUT2D eigenvalue weighted by molar-refractivity contribution is 0.262. The summed E-state index contributed by atoms with van der Waals surface area (Å²) in [6.45, 7) is 5.74. The van der Waals surface area contributed by atoms with Crippen molar-refractivity contribution in [2.24, 2.45) is 0 Å². The Bertz CT molecular complexity index is 1510. The lowest BCUT2D eigenvalue weighted by Gasteiger charge is -2.13. The van der Waals surface area contributed by atoms with E-state index in [4.69, 9.17) is 46.0 Å². The predicted molar refractivity (Wildman–Crippen MR) is 146 cm³/mol. The van der Waals surface area contributed by atoms with Gasteiger partial charge >= 0.3 is 6.03 Å². The number of hydrogen-bond donors (Lipinski definition) is 2. The summed E-state index contributed by atoms with van der Waals surface area (Å²) in [5.41, 5.74) is 2.09. The number of terminal acetylenes is 1. The van der Waals surface area contributed by atoms with Crippen molar-refractivity contribution in [3.05, 3.63) is 81.3 Å². The largest absolute Gasteiger partial charge is 0.437 e. The third kappa shape index (κ3) is 5.97. The molecule has 2 amide bonds. The molecule has 4 aromatic rings. The first-order valence-corrected chi connectivity index (χ1v) is 12.1. The van der Waals surface area contributed by atoms with Crippen LogP contribution in [0.4, 0.5) is 16.3 Å². The monoisotopic (exact) mass is 554 g/mol. The number of rotatable bonds is 6. The summed E-state index contributed by atoms with van der Waals surface area (Å²) in [5, 5.41) is 10.3. The number of aryl methyl sites for hydroxylation is 1. The van der Waals surface area contributed by atoms with Gasteiger partial charge in [-0.2, -0.15) is 10.1 Å². The molecule has 0 spiro atoms. The first-order chi connectivity index (χ1) is 17.6. The number of carbonyl (C=O) groups is 1. The first-order valence-electron chi connectivity index (χ1n) is 10.9. The zero-order valence-corrected chi connectivity index (χ0v) is 22.3. The average molecular weight is 556 g/mol. The van der Waals surface area contributed by atoms with Gasteiger partial charge in [0.05, 0.1) is 27.5 Å². The fraction of sp³-hybridized carbons (Fsp3) is 0.154. The molecule has 2 aromatic heterocycles. The molecule has 0 atom stereocenters. The molecule has 4 rings (SSSR count). The summed E-state index contributed by atoms with van der Waals surface area (Å²) in [6.07, 6.45) is 7.15. The number of hydrogen-bond acceptors (Lipinski definition) is 5. The van der Waals surface area contributed by atoms with Crippen LogP contribution in [0.2, 0.25) is 15.3 Å². The Hall–Kier alpha value is -3.77. The maximum absolute atomic E-state index is 13.0. The molecular weight excluding hydrogens is 535 g/mol. The van der Waals surface area contributed by atoms with Gasteiger partial charge in [0.25, 0.3) is 0 Å². The number of amides is 2. The summed E-state index contributed by atoms with van der Waals surface area (Å²) < 4.78 is 7.25. The van der Waals surface area contributed by atoms with Crippen molar-refractivity contribution < 1.29 is 9.53 Å². The molecule has 188 valence electrons. The van der Waals surface area contributed by atoms with Crippen LogP contribution >= 0.6 is 34.8 Å². The topological polar surface area (TPSA) is 94.0 Å². The van der Waals surface area contributed by atoms with Crippen molar-refractivity contribution in [2.75, 3.05) is 10.6 Å². The van der Waals surface area contributed by atoms with Gasteiger partial charge in [-0.1, -0.05) is 46.8 Å². The maximum Gasteiger partial charge on any atom is 0.324 e. The van der Waals surface area contributed by atoms with Gasteiger partial charge < -0.3 is 10.1 Å². The van der Waals surface area contributed by atoms with Gasteiger partial charge in [-0.25, -0.2) is 14.5 Å². The van der Waals surface area contributed by atoms with Crippen molar-refractivity contribution in [1.29, 1.82) is 0 Å². The molecule has 11 heteroatoms. The molecule has 0 bridgehead atoms. The number of urea groups is 1. The lowest BCUT2D eigenvalue weighted by atomic mass is 9.91. The minimum Gasteiger partial charge on any atom is -0.437 e. The maximum atomic E-state index is 13.0. The van der Waals surface area contributed by atoms with Gasteiger partial charge in [-0.3, -0.25) is 5.32 Å². The van der Waals surface area contributed by atoms with Crippen LogP contribution in [0.3, 0.4) is 0 Å². The number of halogens is 3. The van der Waals surface area contributed by atoms with E-state index < -0.39 is 11.4 Å². The van der Waals surface area contributed by atoms with Crippen LogP contribution in [-0.4, -0.2) is 25.8 Å². The van der Waals surface area contributed by atoms with Gasteiger partial charge in [0, 0.05) is 18.3 Å². The quantitative estimate of drug-likeness (QED) is 0.193. The summed E-state index contributed by atoms with van der Waals surface area (Å²) >= 11 is 18.6. The SMILES string of the molecule is C#CC(C)(C)c1cc(NC(=O)Nc2ccc(Oc3ccnc(Cl)n3)c(Cl)c2Cl)n(-c2ccc(C)cc2)n1. The molecule has 2 N–H and O–H groups in total. The molecule has 0 fully saturated rings. The van der Waals surface area contributed by atoms with E-state index in [1.807, 2.05) is 45.0 Å². The number of nitrogens with one attached hydrogen (secondary N) is 2. The third-order valence-electron chi connectivity index (χ3n) is 5.34. The fourth-order valence-electron chi connectivity index (χ4n) is 3.20. The summed E-state index contributed by atoms with van der Waals surface area (Å²) in [4.78, 5) is 20.7. The molecule has 0 aliphatic carbocycles. The fourth-order valence-corrected chi connectivity index (χ4v) is 3.74. The van der Waals surface area contributed by atoms with Crippen LogP contribution in [0.25, 0.3) is 5.69 Å². The molecule has 8 nitrogen and oxygen atoms in total. The van der Waals surface area contributed by atoms with Crippen molar-refractivity contribution in [3.63, 3.8) is 0 Å². The van der Waals surface area contributed by atoms with Crippen LogP contribution in [0.15, 0.2) is 54.7 Å². The molecule has 0 saturated carbocycles. The second kappa shape index (κ2) is 10.7. The highest BCUT2D eigenvalue weighted by molar-refractivity contribution is 6.45. The van der Waals surface area contributed by atoms with Gasteiger partial charge in [0.1, 0.15) is 16.6 Å². The molecule has 0 aliphatic heterocycles. The Morgan fingerprint density at radius 1 is 1.05 bits per heavy atom. The standard InChI is InChI=1S/C26H21Cl3N6O2/c1-5-26(3,4)19-14-20(35(34-19)16-8-6-15(2)7-9-16)32-25(36)31-17-10-11-18(23(28)22(17)27)37-21-12-13-30-24(29)33-21/h1,6-14H,2-4H3,(H2,31,32,36). The number of aromatic nitrogens is 4. The second-order valence-corrected chi connectivity index (χ2v) is 9.61. The minimum absolute atomic E-state index is 0.0216. The van der Waals surface area contributed by atoms with E-state index >= 15 is 0 Å². The van der Waals surface area contributed by atoms with Crippen molar-refractivity contribution in [3.8, 4) is 29.7 Å². The third-order valence-corrected chi connectivity index (χ3v) is 6.39. The minimum atomic E-state index is -0.649.